The molecule has 0 aliphatic carbocycles. The maximum absolute atomic E-state index is 5.66. The molecule has 5 heteroatoms. The minimum Gasteiger partial charge on any atom is -0.389 e. The second-order valence-electron chi connectivity index (χ2n) is 4.96. The van der Waals surface area contributed by atoms with Crippen LogP contribution in [0, 0.1) is 5.92 Å². The highest BCUT2D eigenvalue weighted by Gasteiger charge is 2.16. The average Bonchev–Trinajstić information content (AvgIpc) is 2.39. The first kappa shape index (κ1) is 14.8. The number of hydrogen-bond donors (Lipinski definition) is 1. The van der Waals surface area contributed by atoms with Gasteiger partial charge in [0.25, 0.3) is 0 Å². The van der Waals surface area contributed by atoms with Crippen molar-refractivity contribution in [1.29, 1.82) is 0 Å². The Morgan fingerprint density at radius 1 is 1.47 bits per heavy atom. The maximum atomic E-state index is 5.66. The Morgan fingerprint density at radius 2 is 2.16 bits per heavy atom. The SMILES string of the molecule is CN(CC1CCOCC1)c1ccc(C(N)=S)c(Br)c1. The lowest BCUT2D eigenvalue weighted by Crippen LogP contribution is -2.29. The smallest absolute Gasteiger partial charge is 0.105 e. The van der Waals surface area contributed by atoms with E-state index in [0.29, 0.717) is 10.9 Å². The van der Waals surface area contributed by atoms with Crippen LogP contribution in [0.5, 0.6) is 0 Å². The Morgan fingerprint density at radius 3 is 2.74 bits per heavy atom. The molecule has 0 atom stereocenters. The van der Waals surface area contributed by atoms with Gasteiger partial charge in [-0.05, 0) is 52.9 Å². The van der Waals surface area contributed by atoms with E-state index in [0.717, 1.165) is 42.6 Å². The van der Waals surface area contributed by atoms with Crippen molar-refractivity contribution in [3.8, 4) is 0 Å². The molecule has 1 heterocycles. The van der Waals surface area contributed by atoms with Crippen molar-refractivity contribution in [2.45, 2.75) is 12.8 Å². The van der Waals surface area contributed by atoms with Gasteiger partial charge in [-0.1, -0.05) is 12.2 Å². The van der Waals surface area contributed by atoms with Crippen LogP contribution in [0.4, 0.5) is 5.69 Å². The lowest BCUT2D eigenvalue weighted by molar-refractivity contribution is 0.0685. The van der Waals surface area contributed by atoms with E-state index in [9.17, 15) is 0 Å². The van der Waals surface area contributed by atoms with Crippen LogP contribution in [-0.4, -0.2) is 31.8 Å². The maximum Gasteiger partial charge on any atom is 0.105 e. The molecule has 0 unspecified atom stereocenters. The third kappa shape index (κ3) is 3.91. The zero-order valence-electron chi connectivity index (χ0n) is 11.1. The summed E-state index contributed by atoms with van der Waals surface area (Å²) in [4.78, 5) is 2.70. The number of halogens is 1. The van der Waals surface area contributed by atoms with E-state index in [-0.39, 0.29) is 0 Å². The Hall–Kier alpha value is -0.650. The number of nitrogens with two attached hydrogens (primary N) is 1. The monoisotopic (exact) mass is 342 g/mol. The summed E-state index contributed by atoms with van der Waals surface area (Å²) in [5.74, 6) is 0.716. The summed E-state index contributed by atoms with van der Waals surface area (Å²) in [6.07, 6.45) is 2.30. The van der Waals surface area contributed by atoms with Crippen LogP contribution < -0.4 is 10.6 Å². The van der Waals surface area contributed by atoms with Crippen molar-refractivity contribution in [3.63, 3.8) is 0 Å². The molecule has 1 fully saturated rings. The summed E-state index contributed by atoms with van der Waals surface area (Å²) in [5, 5.41) is 0. The fourth-order valence-electron chi connectivity index (χ4n) is 2.36. The van der Waals surface area contributed by atoms with E-state index in [1.807, 2.05) is 6.07 Å². The average molecular weight is 343 g/mol. The first-order valence-electron chi connectivity index (χ1n) is 6.46. The molecule has 0 aromatic heterocycles. The molecule has 0 bridgehead atoms. The third-order valence-corrected chi connectivity index (χ3v) is 4.41. The summed E-state index contributed by atoms with van der Waals surface area (Å²) < 4.78 is 6.35. The van der Waals surface area contributed by atoms with Crippen molar-refractivity contribution >= 4 is 38.8 Å². The minimum atomic E-state index is 0.422. The zero-order valence-corrected chi connectivity index (χ0v) is 13.5. The highest BCUT2D eigenvalue weighted by Crippen LogP contribution is 2.25. The highest BCUT2D eigenvalue weighted by atomic mass is 79.9. The van der Waals surface area contributed by atoms with Gasteiger partial charge in [0.1, 0.15) is 4.99 Å². The minimum absolute atomic E-state index is 0.422. The number of benzene rings is 1. The summed E-state index contributed by atoms with van der Waals surface area (Å²) in [7, 11) is 2.12. The number of hydrogen-bond acceptors (Lipinski definition) is 3. The van der Waals surface area contributed by atoms with E-state index in [1.165, 1.54) is 5.69 Å². The van der Waals surface area contributed by atoms with Crippen LogP contribution in [0.2, 0.25) is 0 Å². The topological polar surface area (TPSA) is 38.5 Å². The van der Waals surface area contributed by atoms with Gasteiger partial charge in [-0.25, -0.2) is 0 Å². The largest absolute Gasteiger partial charge is 0.389 e. The number of anilines is 1. The van der Waals surface area contributed by atoms with Gasteiger partial charge >= 0.3 is 0 Å². The molecule has 0 amide bonds. The molecule has 1 saturated heterocycles. The Balaban J connectivity index is 2.04. The van der Waals surface area contributed by atoms with Crippen molar-refractivity contribution < 1.29 is 4.74 Å². The standard InChI is InChI=1S/C14H19BrN2OS/c1-17(9-10-4-6-18-7-5-10)11-2-3-12(14(16)19)13(15)8-11/h2-3,8,10H,4-7,9H2,1H3,(H2,16,19). The molecular formula is C14H19BrN2OS. The molecule has 3 nitrogen and oxygen atoms in total. The van der Waals surface area contributed by atoms with Gasteiger partial charge in [-0.2, -0.15) is 0 Å². The van der Waals surface area contributed by atoms with Crippen LogP contribution in [0.3, 0.4) is 0 Å². The van der Waals surface area contributed by atoms with Crippen molar-refractivity contribution in [2.24, 2.45) is 11.7 Å². The predicted octanol–water partition coefficient (Wildman–Crippen LogP) is 2.95. The number of rotatable bonds is 4. The highest BCUT2D eigenvalue weighted by molar-refractivity contribution is 9.10. The van der Waals surface area contributed by atoms with Gasteiger partial charge < -0.3 is 15.4 Å². The van der Waals surface area contributed by atoms with Crippen molar-refractivity contribution in [3.05, 3.63) is 28.2 Å². The molecule has 2 rings (SSSR count). The summed E-state index contributed by atoms with van der Waals surface area (Å²) in [5.41, 5.74) is 7.73. The Labute approximate surface area is 128 Å². The van der Waals surface area contributed by atoms with Crippen LogP contribution in [0.15, 0.2) is 22.7 Å². The first-order valence-corrected chi connectivity index (χ1v) is 7.66. The molecule has 1 aromatic carbocycles. The number of thiocarbonyl (C=S) groups is 1. The number of nitrogens with zero attached hydrogens (tertiary/aromatic N) is 1. The molecule has 104 valence electrons. The van der Waals surface area contributed by atoms with Crippen molar-refractivity contribution in [2.75, 3.05) is 31.7 Å². The summed E-state index contributed by atoms with van der Waals surface area (Å²) in [6.45, 7) is 2.84. The Bertz CT molecular complexity index is 461. The first-order chi connectivity index (χ1) is 9.08. The lowest BCUT2D eigenvalue weighted by atomic mass is 9.99. The van der Waals surface area contributed by atoms with Gasteiger partial charge in [0, 0.05) is 42.5 Å². The van der Waals surface area contributed by atoms with Gasteiger partial charge in [-0.15, -0.1) is 0 Å². The fraction of sp³-hybridized carbons (Fsp3) is 0.500. The van der Waals surface area contributed by atoms with E-state index in [2.05, 4.69) is 40.0 Å². The number of ether oxygens (including phenoxy) is 1. The normalized spacial score (nSPS) is 16.3. The van der Waals surface area contributed by atoms with Crippen LogP contribution >= 0.6 is 28.1 Å². The summed E-state index contributed by atoms with van der Waals surface area (Å²) >= 11 is 8.54. The molecule has 1 aliphatic rings. The van der Waals surface area contributed by atoms with Gasteiger partial charge in [0.2, 0.25) is 0 Å². The van der Waals surface area contributed by atoms with Gasteiger partial charge in [-0.3, -0.25) is 0 Å². The lowest BCUT2D eigenvalue weighted by Gasteiger charge is -2.28. The molecule has 1 aliphatic heterocycles. The molecule has 1 aromatic rings. The molecule has 0 radical (unpaired) electrons. The second kappa shape index (κ2) is 6.68. The van der Waals surface area contributed by atoms with Gasteiger partial charge in [0.05, 0.1) is 0 Å². The zero-order chi connectivity index (χ0) is 13.8. The summed E-state index contributed by atoms with van der Waals surface area (Å²) in [6, 6.07) is 6.12. The van der Waals surface area contributed by atoms with Crippen LogP contribution in [0.1, 0.15) is 18.4 Å². The Kier molecular flexibility index (Phi) is 5.19. The quantitative estimate of drug-likeness (QED) is 0.853. The third-order valence-electron chi connectivity index (χ3n) is 3.53. The van der Waals surface area contributed by atoms with Gasteiger partial charge in [0.15, 0.2) is 0 Å². The molecule has 19 heavy (non-hydrogen) atoms. The van der Waals surface area contributed by atoms with E-state index in [1.54, 1.807) is 0 Å². The molecule has 0 saturated carbocycles. The molecule has 2 N–H and O–H groups in total. The molecule has 0 spiro atoms. The molecular weight excluding hydrogens is 324 g/mol. The van der Waals surface area contributed by atoms with E-state index in [4.69, 9.17) is 22.7 Å². The second-order valence-corrected chi connectivity index (χ2v) is 6.26. The predicted molar refractivity (Wildman–Crippen MR) is 86.8 cm³/mol. The van der Waals surface area contributed by atoms with Crippen molar-refractivity contribution in [1.82, 2.24) is 0 Å². The fourth-order valence-corrected chi connectivity index (χ4v) is 3.25. The van der Waals surface area contributed by atoms with E-state index < -0.39 is 0 Å². The van der Waals surface area contributed by atoms with Crippen LogP contribution in [0.25, 0.3) is 0 Å². The van der Waals surface area contributed by atoms with E-state index >= 15 is 0 Å². The van der Waals surface area contributed by atoms with Crippen LogP contribution in [-0.2, 0) is 4.74 Å².